The van der Waals surface area contributed by atoms with E-state index in [1.165, 1.54) is 11.3 Å². The molecule has 0 aliphatic carbocycles. The Balaban J connectivity index is 2.64. The van der Waals surface area contributed by atoms with Crippen LogP contribution in [0.1, 0.15) is 43.1 Å². The standard InChI is InChI=1S/C13H22N2O2S/c1-6-17-12(16)11-10(5)18-13(15-11)14-7-9(4)8(2)3/h8-9H,6-7H2,1-5H3,(H,14,15). The van der Waals surface area contributed by atoms with Crippen LogP contribution in [0.2, 0.25) is 0 Å². The molecule has 1 atom stereocenters. The molecule has 0 radical (unpaired) electrons. The SMILES string of the molecule is CCOC(=O)c1nc(NCC(C)C(C)C)sc1C. The molecule has 1 heterocycles. The molecule has 0 fully saturated rings. The Hall–Kier alpha value is -1.10. The number of esters is 1. The van der Waals surface area contributed by atoms with Crippen molar-refractivity contribution >= 4 is 22.4 Å². The number of carbonyl (C=O) groups is 1. The molecular formula is C13H22N2O2S. The number of ether oxygens (including phenoxy) is 1. The van der Waals surface area contributed by atoms with Gasteiger partial charge in [-0.1, -0.05) is 20.8 Å². The summed E-state index contributed by atoms with van der Waals surface area (Å²) in [6.07, 6.45) is 0. The highest BCUT2D eigenvalue weighted by atomic mass is 32.1. The quantitative estimate of drug-likeness (QED) is 0.806. The molecule has 0 spiro atoms. The largest absolute Gasteiger partial charge is 0.461 e. The normalized spacial score (nSPS) is 12.6. The van der Waals surface area contributed by atoms with Gasteiger partial charge in [-0.15, -0.1) is 11.3 Å². The third kappa shape index (κ3) is 3.98. The summed E-state index contributed by atoms with van der Waals surface area (Å²) in [4.78, 5) is 16.8. The van der Waals surface area contributed by atoms with Crippen LogP contribution in [-0.2, 0) is 4.74 Å². The van der Waals surface area contributed by atoms with Crippen LogP contribution in [0.4, 0.5) is 5.13 Å². The predicted molar refractivity (Wildman–Crippen MR) is 75.3 cm³/mol. The second kappa shape index (κ2) is 6.73. The third-order valence-corrected chi connectivity index (χ3v) is 3.91. The molecule has 1 aromatic heterocycles. The number of hydrogen-bond acceptors (Lipinski definition) is 5. The summed E-state index contributed by atoms with van der Waals surface area (Å²) in [6, 6.07) is 0. The molecule has 1 aromatic rings. The van der Waals surface area contributed by atoms with Crippen LogP contribution >= 0.6 is 11.3 Å². The molecule has 18 heavy (non-hydrogen) atoms. The smallest absolute Gasteiger partial charge is 0.358 e. The number of thiazole rings is 1. The molecule has 5 heteroatoms. The predicted octanol–water partition coefficient (Wildman–Crippen LogP) is 3.33. The molecule has 0 bridgehead atoms. The van der Waals surface area contributed by atoms with E-state index in [9.17, 15) is 4.79 Å². The van der Waals surface area contributed by atoms with Gasteiger partial charge in [0.15, 0.2) is 10.8 Å². The second-order valence-corrected chi connectivity index (χ2v) is 5.95. The number of aromatic nitrogens is 1. The van der Waals surface area contributed by atoms with E-state index in [-0.39, 0.29) is 5.97 Å². The van der Waals surface area contributed by atoms with Gasteiger partial charge in [0.2, 0.25) is 0 Å². The van der Waals surface area contributed by atoms with E-state index in [1.54, 1.807) is 6.92 Å². The number of hydrogen-bond donors (Lipinski definition) is 1. The molecule has 0 saturated carbocycles. The number of anilines is 1. The van der Waals surface area contributed by atoms with Gasteiger partial charge in [0, 0.05) is 11.4 Å². The first-order valence-corrected chi connectivity index (χ1v) is 7.15. The third-order valence-electron chi connectivity index (χ3n) is 2.98. The summed E-state index contributed by atoms with van der Waals surface area (Å²) in [5.41, 5.74) is 0.432. The lowest BCUT2D eigenvalue weighted by Crippen LogP contribution is -2.16. The fraction of sp³-hybridized carbons (Fsp3) is 0.692. The molecule has 4 nitrogen and oxygen atoms in total. The van der Waals surface area contributed by atoms with Gasteiger partial charge in [-0.05, 0) is 25.7 Å². The number of nitrogens with zero attached hydrogens (tertiary/aromatic N) is 1. The molecule has 1 unspecified atom stereocenters. The van der Waals surface area contributed by atoms with Gasteiger partial charge in [0.1, 0.15) is 0 Å². The molecular weight excluding hydrogens is 248 g/mol. The molecule has 0 aromatic carbocycles. The minimum absolute atomic E-state index is 0.337. The monoisotopic (exact) mass is 270 g/mol. The molecule has 0 amide bonds. The van der Waals surface area contributed by atoms with Crippen LogP contribution in [0.25, 0.3) is 0 Å². The zero-order chi connectivity index (χ0) is 13.7. The van der Waals surface area contributed by atoms with E-state index in [1.807, 2.05) is 6.92 Å². The van der Waals surface area contributed by atoms with Gasteiger partial charge in [-0.25, -0.2) is 9.78 Å². The van der Waals surface area contributed by atoms with Crippen molar-refractivity contribution in [1.29, 1.82) is 0 Å². The molecule has 102 valence electrons. The topological polar surface area (TPSA) is 51.2 Å². The van der Waals surface area contributed by atoms with E-state index >= 15 is 0 Å². The van der Waals surface area contributed by atoms with Crippen molar-refractivity contribution in [1.82, 2.24) is 4.98 Å². The van der Waals surface area contributed by atoms with Gasteiger partial charge in [-0.3, -0.25) is 0 Å². The molecule has 0 saturated heterocycles. The van der Waals surface area contributed by atoms with Crippen molar-refractivity contribution in [2.45, 2.75) is 34.6 Å². The zero-order valence-electron chi connectivity index (χ0n) is 11.7. The van der Waals surface area contributed by atoms with Gasteiger partial charge >= 0.3 is 5.97 Å². The number of carbonyl (C=O) groups excluding carboxylic acids is 1. The Morgan fingerprint density at radius 1 is 1.44 bits per heavy atom. The number of aryl methyl sites for hydroxylation is 1. The van der Waals surface area contributed by atoms with Crippen molar-refractivity contribution in [3.8, 4) is 0 Å². The van der Waals surface area contributed by atoms with E-state index in [4.69, 9.17) is 4.74 Å². The lowest BCUT2D eigenvalue weighted by molar-refractivity contribution is 0.0519. The Kier molecular flexibility index (Phi) is 5.59. The van der Waals surface area contributed by atoms with Crippen molar-refractivity contribution in [2.75, 3.05) is 18.5 Å². The maximum Gasteiger partial charge on any atom is 0.358 e. The van der Waals surface area contributed by atoms with E-state index < -0.39 is 0 Å². The first-order valence-electron chi connectivity index (χ1n) is 6.34. The lowest BCUT2D eigenvalue weighted by atomic mass is 9.98. The van der Waals surface area contributed by atoms with Crippen LogP contribution in [0.15, 0.2) is 0 Å². The molecule has 0 aliphatic heterocycles. The Morgan fingerprint density at radius 3 is 2.67 bits per heavy atom. The van der Waals surface area contributed by atoms with Crippen molar-refractivity contribution in [3.63, 3.8) is 0 Å². The number of nitrogens with one attached hydrogen (secondary N) is 1. The summed E-state index contributed by atoms with van der Waals surface area (Å²) in [6.45, 7) is 11.5. The van der Waals surface area contributed by atoms with E-state index in [0.717, 1.165) is 16.6 Å². The minimum Gasteiger partial charge on any atom is -0.461 e. The Bertz CT molecular complexity index is 402. The average molecular weight is 270 g/mol. The van der Waals surface area contributed by atoms with Crippen LogP contribution in [0.3, 0.4) is 0 Å². The average Bonchev–Trinajstić information content (AvgIpc) is 2.67. The van der Waals surface area contributed by atoms with Gasteiger partial charge in [-0.2, -0.15) is 0 Å². The van der Waals surface area contributed by atoms with Crippen molar-refractivity contribution in [2.24, 2.45) is 11.8 Å². The minimum atomic E-state index is -0.337. The highest BCUT2D eigenvalue weighted by molar-refractivity contribution is 7.15. The summed E-state index contributed by atoms with van der Waals surface area (Å²) >= 11 is 1.50. The van der Waals surface area contributed by atoms with Crippen LogP contribution in [0, 0.1) is 18.8 Å². The molecule has 1 rings (SSSR count). The Labute approximate surface area is 113 Å². The van der Waals surface area contributed by atoms with E-state index in [0.29, 0.717) is 24.1 Å². The first-order chi connectivity index (χ1) is 8.45. The first kappa shape index (κ1) is 15.0. The highest BCUT2D eigenvalue weighted by Crippen LogP contribution is 2.23. The van der Waals surface area contributed by atoms with E-state index in [2.05, 4.69) is 31.1 Å². The lowest BCUT2D eigenvalue weighted by Gasteiger charge is -2.15. The van der Waals surface area contributed by atoms with Crippen molar-refractivity contribution in [3.05, 3.63) is 10.6 Å². The maximum absolute atomic E-state index is 11.6. The van der Waals surface area contributed by atoms with Crippen molar-refractivity contribution < 1.29 is 9.53 Å². The summed E-state index contributed by atoms with van der Waals surface area (Å²) in [5.74, 6) is 0.861. The summed E-state index contributed by atoms with van der Waals surface area (Å²) < 4.78 is 4.96. The van der Waals surface area contributed by atoms with Gasteiger partial charge < -0.3 is 10.1 Å². The maximum atomic E-state index is 11.6. The fourth-order valence-corrected chi connectivity index (χ4v) is 2.15. The van der Waals surface area contributed by atoms with Gasteiger partial charge in [0.25, 0.3) is 0 Å². The summed E-state index contributed by atoms with van der Waals surface area (Å²) in [7, 11) is 0. The zero-order valence-corrected chi connectivity index (χ0v) is 12.6. The molecule has 0 aliphatic rings. The van der Waals surface area contributed by atoms with Crippen LogP contribution in [-0.4, -0.2) is 24.1 Å². The fourth-order valence-electron chi connectivity index (χ4n) is 1.34. The van der Waals surface area contributed by atoms with Crippen LogP contribution < -0.4 is 5.32 Å². The Morgan fingerprint density at radius 2 is 2.11 bits per heavy atom. The number of rotatable bonds is 6. The summed E-state index contributed by atoms with van der Waals surface area (Å²) in [5, 5.41) is 4.08. The molecule has 1 N–H and O–H groups in total. The second-order valence-electron chi connectivity index (χ2n) is 4.75. The van der Waals surface area contributed by atoms with Crippen LogP contribution in [0.5, 0.6) is 0 Å². The highest BCUT2D eigenvalue weighted by Gasteiger charge is 2.16. The van der Waals surface area contributed by atoms with Gasteiger partial charge in [0.05, 0.1) is 6.61 Å².